The molecule has 170 valence electrons. The van der Waals surface area contributed by atoms with Crippen LogP contribution >= 0.6 is 11.3 Å². The summed E-state index contributed by atoms with van der Waals surface area (Å²) >= 11 is 1.21. The number of amides is 3. The van der Waals surface area contributed by atoms with Crippen LogP contribution in [0.25, 0.3) is 16.5 Å². The van der Waals surface area contributed by atoms with Gasteiger partial charge in [-0.2, -0.15) is 0 Å². The summed E-state index contributed by atoms with van der Waals surface area (Å²) in [5.41, 5.74) is 12.5. The third-order valence-electron chi connectivity index (χ3n) is 5.45. The fourth-order valence-electron chi connectivity index (χ4n) is 3.81. The first-order valence-corrected chi connectivity index (χ1v) is 11.4. The van der Waals surface area contributed by atoms with Gasteiger partial charge in [0.05, 0.1) is 5.56 Å². The molecule has 0 radical (unpaired) electrons. The Morgan fingerprint density at radius 1 is 1.12 bits per heavy atom. The van der Waals surface area contributed by atoms with Gasteiger partial charge in [0.2, 0.25) is 0 Å². The van der Waals surface area contributed by atoms with Crippen molar-refractivity contribution in [1.82, 2.24) is 5.32 Å². The largest absolute Gasteiger partial charge is 0.480 e. The number of hydrogen-bond acceptors (Lipinski definition) is 5. The number of hydrogen-bond donors (Lipinski definition) is 5. The number of thiophene rings is 1. The van der Waals surface area contributed by atoms with E-state index in [9.17, 15) is 19.5 Å². The molecule has 9 heteroatoms. The van der Waals surface area contributed by atoms with E-state index in [2.05, 4.69) is 10.6 Å². The molecule has 1 aromatic carbocycles. The molecule has 7 N–H and O–H groups in total. The predicted molar refractivity (Wildman–Crippen MR) is 127 cm³/mol. The van der Waals surface area contributed by atoms with Crippen LogP contribution < -0.4 is 22.1 Å². The standard InChI is InChI=1S/C23H28N4O4S/c24-20(28)17-13-19(32-21(17)27-23(25)31)15-11-9-14(10-12-15)5-4-8-18(22(29)30)26-16-6-2-1-3-7-16/h4-5,9-13,16,18,26H,1-3,6-8H2,(H2,24,28)(H,29,30)(H3,25,27,31)/b5-4+/t18-/m1/s1. The van der Waals surface area contributed by atoms with E-state index in [1.54, 1.807) is 6.07 Å². The van der Waals surface area contributed by atoms with Gasteiger partial charge in [-0.3, -0.25) is 14.9 Å². The lowest BCUT2D eigenvalue weighted by atomic mass is 9.94. The normalized spacial score (nSPS) is 15.5. The summed E-state index contributed by atoms with van der Waals surface area (Å²) in [6.07, 6.45) is 9.76. The summed E-state index contributed by atoms with van der Waals surface area (Å²) in [5, 5.41) is 15.5. The summed E-state index contributed by atoms with van der Waals surface area (Å²) in [6.45, 7) is 0. The fraction of sp³-hybridized carbons (Fsp3) is 0.348. The van der Waals surface area contributed by atoms with Crippen LogP contribution in [0.1, 0.15) is 54.4 Å². The van der Waals surface area contributed by atoms with Gasteiger partial charge in [0, 0.05) is 10.9 Å². The SMILES string of the molecule is NC(=O)Nc1sc(-c2ccc(/C=C/C[C@@H](NC3CCCCC3)C(=O)O)cc2)cc1C(N)=O. The van der Waals surface area contributed by atoms with Gasteiger partial charge >= 0.3 is 12.0 Å². The van der Waals surface area contributed by atoms with E-state index in [0.29, 0.717) is 11.4 Å². The second-order valence-corrected chi connectivity index (χ2v) is 8.91. The lowest BCUT2D eigenvalue weighted by Crippen LogP contribution is -2.43. The second kappa shape index (κ2) is 10.9. The Balaban J connectivity index is 1.65. The number of carbonyl (C=O) groups is 3. The zero-order valence-corrected chi connectivity index (χ0v) is 18.5. The first kappa shape index (κ1) is 23.5. The molecule has 3 amide bonds. The Kier molecular flexibility index (Phi) is 8.02. The van der Waals surface area contributed by atoms with Gasteiger partial charge in [0.25, 0.3) is 5.91 Å². The molecule has 1 fully saturated rings. The second-order valence-electron chi connectivity index (χ2n) is 7.86. The molecule has 0 saturated heterocycles. The van der Waals surface area contributed by atoms with Crippen LogP contribution in [0.5, 0.6) is 0 Å². The van der Waals surface area contributed by atoms with Gasteiger partial charge in [0.1, 0.15) is 11.0 Å². The van der Waals surface area contributed by atoms with Crippen molar-refractivity contribution in [3.05, 3.63) is 47.5 Å². The third kappa shape index (κ3) is 6.41. The van der Waals surface area contributed by atoms with Crippen molar-refractivity contribution >= 4 is 40.3 Å². The minimum absolute atomic E-state index is 0.206. The van der Waals surface area contributed by atoms with Crippen LogP contribution in [0.4, 0.5) is 9.80 Å². The summed E-state index contributed by atoms with van der Waals surface area (Å²) in [4.78, 5) is 35.1. The molecule has 32 heavy (non-hydrogen) atoms. The summed E-state index contributed by atoms with van der Waals surface area (Å²) in [6, 6.07) is 8.13. The zero-order valence-electron chi connectivity index (χ0n) is 17.7. The molecular formula is C23H28N4O4S. The van der Waals surface area contributed by atoms with E-state index in [-0.39, 0.29) is 11.6 Å². The summed E-state index contributed by atoms with van der Waals surface area (Å²) in [5.74, 6) is -1.48. The number of nitrogens with one attached hydrogen (secondary N) is 2. The average Bonchev–Trinajstić information content (AvgIpc) is 3.17. The highest BCUT2D eigenvalue weighted by atomic mass is 32.1. The Morgan fingerprint density at radius 3 is 2.41 bits per heavy atom. The number of aliphatic carboxylic acids is 1. The topological polar surface area (TPSA) is 148 Å². The van der Waals surface area contributed by atoms with Crippen molar-refractivity contribution in [2.75, 3.05) is 5.32 Å². The van der Waals surface area contributed by atoms with Gasteiger partial charge < -0.3 is 21.9 Å². The number of carboxylic acids is 1. The maximum absolute atomic E-state index is 11.6. The molecule has 1 aliphatic rings. The number of nitrogens with two attached hydrogens (primary N) is 2. The van der Waals surface area contributed by atoms with E-state index < -0.39 is 23.9 Å². The predicted octanol–water partition coefficient (Wildman–Crippen LogP) is 3.78. The first-order chi connectivity index (χ1) is 15.3. The number of primary amides is 2. The number of urea groups is 1. The number of carbonyl (C=O) groups excluding carboxylic acids is 2. The molecule has 1 atom stereocenters. The molecular weight excluding hydrogens is 428 g/mol. The Morgan fingerprint density at radius 2 is 1.81 bits per heavy atom. The van der Waals surface area contributed by atoms with Crippen LogP contribution in [0.3, 0.4) is 0 Å². The number of anilines is 1. The van der Waals surface area contributed by atoms with Crippen LogP contribution in [-0.4, -0.2) is 35.1 Å². The van der Waals surface area contributed by atoms with Crippen LogP contribution in [-0.2, 0) is 4.79 Å². The van der Waals surface area contributed by atoms with Gasteiger partial charge in [-0.1, -0.05) is 55.7 Å². The van der Waals surface area contributed by atoms with Crippen LogP contribution in [0.2, 0.25) is 0 Å². The van der Waals surface area contributed by atoms with Crippen LogP contribution in [0, 0.1) is 0 Å². The molecule has 1 saturated carbocycles. The average molecular weight is 457 g/mol. The van der Waals surface area contributed by atoms with E-state index in [1.807, 2.05) is 36.4 Å². The molecule has 0 aliphatic heterocycles. The maximum atomic E-state index is 11.6. The first-order valence-electron chi connectivity index (χ1n) is 10.6. The number of rotatable bonds is 9. The van der Waals surface area contributed by atoms with Crippen LogP contribution in [0.15, 0.2) is 36.4 Å². The van der Waals surface area contributed by atoms with Gasteiger partial charge in [0.15, 0.2) is 0 Å². The van der Waals surface area contributed by atoms with Crippen molar-refractivity contribution in [3.63, 3.8) is 0 Å². The molecule has 1 aromatic heterocycles. The van der Waals surface area contributed by atoms with Gasteiger partial charge in [-0.25, -0.2) is 4.79 Å². The zero-order chi connectivity index (χ0) is 23.1. The maximum Gasteiger partial charge on any atom is 0.321 e. The number of benzene rings is 1. The molecule has 1 heterocycles. The molecule has 0 unspecified atom stereocenters. The van der Waals surface area contributed by atoms with E-state index in [0.717, 1.165) is 41.7 Å². The van der Waals surface area contributed by atoms with Crippen molar-refractivity contribution in [3.8, 4) is 10.4 Å². The number of carboxylic acid groups (broad SMARTS) is 1. The monoisotopic (exact) mass is 456 g/mol. The molecule has 0 spiro atoms. The van der Waals surface area contributed by atoms with E-state index in [4.69, 9.17) is 11.5 Å². The fourth-order valence-corrected chi connectivity index (χ4v) is 4.89. The lowest BCUT2D eigenvalue weighted by Gasteiger charge is -2.26. The molecule has 3 rings (SSSR count). The van der Waals surface area contributed by atoms with Crippen molar-refractivity contribution in [2.45, 2.75) is 50.6 Å². The smallest absolute Gasteiger partial charge is 0.321 e. The van der Waals surface area contributed by atoms with Gasteiger partial charge in [-0.05, 0) is 36.5 Å². The quantitative estimate of drug-likeness (QED) is 0.389. The highest BCUT2D eigenvalue weighted by molar-refractivity contribution is 7.20. The Bertz CT molecular complexity index is 994. The third-order valence-corrected chi connectivity index (χ3v) is 6.55. The molecule has 0 bridgehead atoms. The molecule has 2 aromatic rings. The Labute approximate surface area is 190 Å². The van der Waals surface area contributed by atoms with Crippen molar-refractivity contribution in [2.24, 2.45) is 11.5 Å². The van der Waals surface area contributed by atoms with Crippen molar-refractivity contribution < 1.29 is 19.5 Å². The molecule has 1 aliphatic carbocycles. The highest BCUT2D eigenvalue weighted by Crippen LogP contribution is 2.35. The molecule has 8 nitrogen and oxygen atoms in total. The van der Waals surface area contributed by atoms with Gasteiger partial charge in [-0.15, -0.1) is 11.3 Å². The summed E-state index contributed by atoms with van der Waals surface area (Å²) in [7, 11) is 0. The summed E-state index contributed by atoms with van der Waals surface area (Å²) < 4.78 is 0. The lowest BCUT2D eigenvalue weighted by molar-refractivity contribution is -0.139. The van der Waals surface area contributed by atoms with E-state index in [1.165, 1.54) is 17.8 Å². The van der Waals surface area contributed by atoms with Crippen molar-refractivity contribution in [1.29, 1.82) is 0 Å². The minimum atomic E-state index is -0.834. The Hall–Kier alpha value is -3.17. The minimum Gasteiger partial charge on any atom is -0.480 e. The highest BCUT2D eigenvalue weighted by Gasteiger charge is 2.21. The van der Waals surface area contributed by atoms with E-state index >= 15 is 0 Å².